The van der Waals surface area contributed by atoms with Crippen LogP contribution >= 0.6 is 0 Å². The third-order valence-corrected chi connectivity index (χ3v) is 0.686. The molecule has 4 nitrogen and oxygen atoms in total. The van der Waals surface area contributed by atoms with Crippen molar-refractivity contribution in [3.05, 3.63) is 12.2 Å². The second kappa shape index (κ2) is 5.27. The van der Waals surface area contributed by atoms with E-state index < -0.39 is 0 Å². The summed E-state index contributed by atoms with van der Waals surface area (Å²) >= 11 is 0. The van der Waals surface area contributed by atoms with Crippen LogP contribution in [-0.2, 0) is 9.68 Å². The van der Waals surface area contributed by atoms with Crippen molar-refractivity contribution in [3.8, 4) is 0 Å². The Morgan fingerprint density at radius 1 is 1.89 bits per heavy atom. The van der Waals surface area contributed by atoms with Gasteiger partial charge in [0.25, 0.3) is 0 Å². The van der Waals surface area contributed by atoms with Gasteiger partial charge in [0.05, 0.1) is 0 Å². The molecule has 2 N–H and O–H groups in total. The fourth-order valence-electron chi connectivity index (χ4n) is 0.282. The molecule has 9 heavy (non-hydrogen) atoms. The van der Waals surface area contributed by atoms with Gasteiger partial charge in [-0.25, -0.2) is 4.89 Å². The lowest BCUT2D eigenvalue weighted by molar-refractivity contribution is -0.231. The summed E-state index contributed by atoms with van der Waals surface area (Å²) in [7, 11) is 1.52. The molecule has 0 saturated carbocycles. The SMILES string of the molecule is CNC(=O)/C=C/COO. The van der Waals surface area contributed by atoms with Gasteiger partial charge < -0.3 is 5.32 Å². The highest BCUT2D eigenvalue weighted by atomic mass is 17.1. The predicted molar refractivity (Wildman–Crippen MR) is 31.8 cm³/mol. The first kappa shape index (κ1) is 8.13. The number of nitrogens with one attached hydrogen (secondary N) is 1. The minimum absolute atomic E-state index is 0.0351. The molecule has 0 aromatic rings. The normalized spacial score (nSPS) is 10.0. The maximum atomic E-state index is 10.4. The molecule has 52 valence electrons. The smallest absolute Gasteiger partial charge is 0.243 e. The highest BCUT2D eigenvalue weighted by Crippen LogP contribution is 1.72. The number of rotatable bonds is 3. The maximum Gasteiger partial charge on any atom is 0.243 e. The molecule has 0 aliphatic carbocycles. The lowest BCUT2D eigenvalue weighted by atomic mass is 10.5. The van der Waals surface area contributed by atoms with E-state index in [1.807, 2.05) is 0 Å². The van der Waals surface area contributed by atoms with Crippen LogP contribution in [0, 0.1) is 0 Å². The zero-order valence-corrected chi connectivity index (χ0v) is 5.13. The summed E-state index contributed by atoms with van der Waals surface area (Å²) in [4.78, 5) is 14.0. The Morgan fingerprint density at radius 3 is 3.00 bits per heavy atom. The number of amides is 1. The number of hydrogen-bond acceptors (Lipinski definition) is 3. The Labute approximate surface area is 53.1 Å². The molecule has 0 fully saturated rings. The molecule has 1 amide bonds. The Kier molecular flexibility index (Phi) is 4.76. The molecule has 0 aromatic carbocycles. The highest BCUT2D eigenvalue weighted by molar-refractivity contribution is 5.87. The van der Waals surface area contributed by atoms with Gasteiger partial charge in [0, 0.05) is 13.1 Å². The predicted octanol–water partition coefficient (Wildman–Crippen LogP) is -0.222. The number of hydrogen-bond donors (Lipinski definition) is 2. The van der Waals surface area contributed by atoms with Gasteiger partial charge in [0.1, 0.15) is 6.61 Å². The molecule has 0 heterocycles. The number of carbonyl (C=O) groups is 1. The van der Waals surface area contributed by atoms with Gasteiger partial charge in [-0.2, -0.15) is 0 Å². The first-order valence-corrected chi connectivity index (χ1v) is 2.46. The van der Waals surface area contributed by atoms with Gasteiger partial charge in [0.15, 0.2) is 0 Å². The Hall–Kier alpha value is -0.870. The Morgan fingerprint density at radius 2 is 2.56 bits per heavy atom. The monoisotopic (exact) mass is 131 g/mol. The average molecular weight is 131 g/mol. The third-order valence-electron chi connectivity index (χ3n) is 0.686. The summed E-state index contributed by atoms with van der Waals surface area (Å²) < 4.78 is 0. The summed E-state index contributed by atoms with van der Waals surface area (Å²) in [6.07, 6.45) is 2.68. The van der Waals surface area contributed by atoms with Crippen LogP contribution in [0.4, 0.5) is 0 Å². The molecule has 0 aromatic heterocycles. The molecule has 0 spiro atoms. The van der Waals surface area contributed by atoms with E-state index >= 15 is 0 Å². The van der Waals surface area contributed by atoms with Crippen molar-refractivity contribution < 1.29 is 14.9 Å². The maximum absolute atomic E-state index is 10.4. The Bertz CT molecular complexity index is 111. The van der Waals surface area contributed by atoms with Crippen LogP contribution in [0.2, 0.25) is 0 Å². The Balaban J connectivity index is 3.32. The molecule has 0 atom stereocenters. The van der Waals surface area contributed by atoms with Crippen molar-refractivity contribution in [1.29, 1.82) is 0 Å². The van der Waals surface area contributed by atoms with E-state index in [0.29, 0.717) is 0 Å². The van der Waals surface area contributed by atoms with Gasteiger partial charge in [-0.15, -0.1) is 0 Å². The second-order valence-electron chi connectivity index (χ2n) is 1.31. The van der Waals surface area contributed by atoms with Gasteiger partial charge in [-0.3, -0.25) is 10.1 Å². The van der Waals surface area contributed by atoms with Crippen LogP contribution in [-0.4, -0.2) is 24.8 Å². The zero-order valence-electron chi connectivity index (χ0n) is 5.13. The minimum atomic E-state index is -0.216. The summed E-state index contributed by atoms with van der Waals surface area (Å²) in [5.74, 6) is -0.216. The van der Waals surface area contributed by atoms with Crippen molar-refractivity contribution in [1.82, 2.24) is 5.32 Å². The molecular weight excluding hydrogens is 122 g/mol. The van der Waals surface area contributed by atoms with E-state index in [0.717, 1.165) is 0 Å². The fourth-order valence-corrected chi connectivity index (χ4v) is 0.282. The van der Waals surface area contributed by atoms with E-state index in [1.54, 1.807) is 0 Å². The van der Waals surface area contributed by atoms with Crippen molar-refractivity contribution in [2.24, 2.45) is 0 Å². The van der Waals surface area contributed by atoms with E-state index in [1.165, 1.54) is 19.2 Å². The van der Waals surface area contributed by atoms with Crippen molar-refractivity contribution >= 4 is 5.91 Å². The van der Waals surface area contributed by atoms with Crippen LogP contribution in [0.15, 0.2) is 12.2 Å². The lowest BCUT2D eigenvalue weighted by Gasteiger charge is -1.87. The average Bonchev–Trinajstić information content (AvgIpc) is 1.89. The van der Waals surface area contributed by atoms with Gasteiger partial charge >= 0.3 is 0 Å². The van der Waals surface area contributed by atoms with Crippen LogP contribution in [0.1, 0.15) is 0 Å². The van der Waals surface area contributed by atoms with Crippen molar-refractivity contribution in [3.63, 3.8) is 0 Å². The zero-order chi connectivity index (χ0) is 7.11. The highest BCUT2D eigenvalue weighted by Gasteiger charge is 1.84. The molecular formula is C5H9NO3. The molecule has 0 bridgehead atoms. The van der Waals surface area contributed by atoms with Gasteiger partial charge in [0.2, 0.25) is 5.91 Å². The summed E-state index contributed by atoms with van der Waals surface area (Å²) in [6, 6.07) is 0. The number of carbonyl (C=O) groups excluding carboxylic acids is 1. The van der Waals surface area contributed by atoms with Crippen molar-refractivity contribution in [2.45, 2.75) is 0 Å². The van der Waals surface area contributed by atoms with Crippen molar-refractivity contribution in [2.75, 3.05) is 13.7 Å². The molecule has 4 heteroatoms. The van der Waals surface area contributed by atoms with E-state index in [4.69, 9.17) is 5.26 Å². The fraction of sp³-hybridized carbons (Fsp3) is 0.400. The summed E-state index contributed by atoms with van der Waals surface area (Å²) in [5.41, 5.74) is 0. The van der Waals surface area contributed by atoms with Gasteiger partial charge in [-0.05, 0) is 0 Å². The number of likely N-dealkylation sites (N-methyl/N-ethyl adjacent to an activating group) is 1. The third kappa shape index (κ3) is 4.99. The first-order valence-electron chi connectivity index (χ1n) is 2.46. The molecule has 0 aliphatic heterocycles. The van der Waals surface area contributed by atoms with E-state index in [2.05, 4.69) is 10.2 Å². The van der Waals surface area contributed by atoms with Gasteiger partial charge in [-0.1, -0.05) is 6.08 Å². The van der Waals surface area contributed by atoms with E-state index in [-0.39, 0.29) is 12.5 Å². The largest absolute Gasteiger partial charge is 0.356 e. The molecule has 0 unspecified atom stereocenters. The molecule has 0 radical (unpaired) electrons. The van der Waals surface area contributed by atoms with Crippen LogP contribution < -0.4 is 5.32 Å². The first-order chi connectivity index (χ1) is 4.31. The lowest BCUT2D eigenvalue weighted by Crippen LogP contribution is -2.14. The molecule has 0 rings (SSSR count). The molecule has 0 saturated heterocycles. The standard InChI is InChI=1S/C5H9NO3/c1-6-5(7)3-2-4-9-8/h2-3,8H,4H2,1H3,(H,6,7)/b3-2+. The van der Waals surface area contributed by atoms with E-state index in [9.17, 15) is 4.79 Å². The topological polar surface area (TPSA) is 58.6 Å². The second-order valence-corrected chi connectivity index (χ2v) is 1.31. The van der Waals surface area contributed by atoms with Crippen LogP contribution in [0.25, 0.3) is 0 Å². The minimum Gasteiger partial charge on any atom is -0.356 e. The van der Waals surface area contributed by atoms with Crippen LogP contribution in [0.5, 0.6) is 0 Å². The summed E-state index contributed by atoms with van der Waals surface area (Å²) in [6.45, 7) is 0.0351. The summed E-state index contributed by atoms with van der Waals surface area (Å²) in [5, 5.41) is 10.1. The van der Waals surface area contributed by atoms with Crippen LogP contribution in [0.3, 0.4) is 0 Å². The molecule has 0 aliphatic rings. The quantitative estimate of drug-likeness (QED) is 0.316.